The van der Waals surface area contributed by atoms with Crippen LogP contribution in [0.2, 0.25) is 0 Å². The molecule has 3 heterocycles. The SMILES string of the molecule is CNC(=O)c1sc2nc(N)nc(-c3ccncc3)c2c1N. The standard InChI is InChI=1S/C13H12N6OS/c1-16-11(20)10-8(14)7-9(6-2-4-17-5-3-6)18-13(15)19-12(7)21-10/h2-5H,14H2,1H3,(H,16,20)(H2,15,18,19). The number of hydrogen-bond donors (Lipinski definition) is 3. The molecule has 106 valence electrons. The number of rotatable bonds is 2. The molecule has 0 aliphatic rings. The molecule has 0 atom stereocenters. The van der Waals surface area contributed by atoms with Crippen molar-refractivity contribution in [2.45, 2.75) is 0 Å². The smallest absolute Gasteiger partial charge is 0.263 e. The highest BCUT2D eigenvalue weighted by molar-refractivity contribution is 7.21. The van der Waals surface area contributed by atoms with Gasteiger partial charge in [0.05, 0.1) is 16.8 Å². The Morgan fingerprint density at radius 2 is 1.95 bits per heavy atom. The Bertz CT molecular complexity index is 830. The first-order valence-electron chi connectivity index (χ1n) is 6.09. The van der Waals surface area contributed by atoms with Crippen molar-refractivity contribution in [3.05, 3.63) is 29.4 Å². The maximum absolute atomic E-state index is 11.9. The van der Waals surface area contributed by atoms with Crippen LogP contribution in [0.5, 0.6) is 0 Å². The predicted octanol–water partition coefficient (Wildman–Crippen LogP) is 1.28. The van der Waals surface area contributed by atoms with Crippen LogP contribution in [0, 0.1) is 0 Å². The summed E-state index contributed by atoms with van der Waals surface area (Å²) in [6.45, 7) is 0. The fraction of sp³-hybridized carbons (Fsp3) is 0.0769. The van der Waals surface area contributed by atoms with E-state index in [1.165, 1.54) is 11.3 Å². The van der Waals surface area contributed by atoms with E-state index >= 15 is 0 Å². The molecule has 0 unspecified atom stereocenters. The molecule has 0 fully saturated rings. The number of nitrogen functional groups attached to an aromatic ring is 2. The van der Waals surface area contributed by atoms with E-state index in [0.29, 0.717) is 26.5 Å². The molecule has 21 heavy (non-hydrogen) atoms. The van der Waals surface area contributed by atoms with Crippen molar-refractivity contribution in [2.75, 3.05) is 18.5 Å². The summed E-state index contributed by atoms with van der Waals surface area (Å²) < 4.78 is 0. The minimum absolute atomic E-state index is 0.138. The lowest BCUT2D eigenvalue weighted by Crippen LogP contribution is -2.17. The van der Waals surface area contributed by atoms with E-state index in [-0.39, 0.29) is 11.9 Å². The normalized spacial score (nSPS) is 10.7. The molecule has 8 heteroatoms. The number of fused-ring (bicyclic) bond motifs is 1. The third-order valence-corrected chi connectivity index (χ3v) is 4.09. The Kier molecular flexibility index (Phi) is 3.15. The van der Waals surface area contributed by atoms with E-state index < -0.39 is 0 Å². The molecule has 0 spiro atoms. The van der Waals surface area contributed by atoms with Gasteiger partial charge in [-0.25, -0.2) is 9.97 Å². The van der Waals surface area contributed by atoms with Gasteiger partial charge >= 0.3 is 0 Å². The summed E-state index contributed by atoms with van der Waals surface area (Å²) in [7, 11) is 1.55. The fourth-order valence-corrected chi connectivity index (χ4v) is 3.09. The van der Waals surface area contributed by atoms with Gasteiger partial charge in [0.15, 0.2) is 0 Å². The zero-order chi connectivity index (χ0) is 15.0. The zero-order valence-electron chi connectivity index (χ0n) is 11.1. The van der Waals surface area contributed by atoms with E-state index in [2.05, 4.69) is 20.3 Å². The molecular formula is C13H12N6OS. The molecule has 3 rings (SSSR count). The van der Waals surface area contributed by atoms with Crippen LogP contribution in [0.15, 0.2) is 24.5 Å². The second-order valence-corrected chi connectivity index (χ2v) is 5.27. The summed E-state index contributed by atoms with van der Waals surface area (Å²) in [5, 5.41) is 3.20. The van der Waals surface area contributed by atoms with Gasteiger partial charge in [-0.1, -0.05) is 0 Å². The van der Waals surface area contributed by atoms with E-state index in [9.17, 15) is 4.79 Å². The molecule has 5 N–H and O–H groups in total. The molecule has 3 aromatic heterocycles. The molecular weight excluding hydrogens is 288 g/mol. The molecule has 0 radical (unpaired) electrons. The van der Waals surface area contributed by atoms with Crippen molar-refractivity contribution in [3.63, 3.8) is 0 Å². The quantitative estimate of drug-likeness (QED) is 0.655. The van der Waals surface area contributed by atoms with Crippen molar-refractivity contribution < 1.29 is 4.79 Å². The summed E-state index contributed by atoms with van der Waals surface area (Å²) in [5.74, 6) is -0.117. The average Bonchev–Trinajstić information content (AvgIpc) is 2.83. The fourth-order valence-electron chi connectivity index (χ4n) is 2.04. The number of hydrogen-bond acceptors (Lipinski definition) is 7. The third kappa shape index (κ3) is 2.15. The number of thiophene rings is 1. The second-order valence-electron chi connectivity index (χ2n) is 4.27. The Morgan fingerprint density at radius 3 is 2.62 bits per heavy atom. The summed E-state index contributed by atoms with van der Waals surface area (Å²) in [4.78, 5) is 25.3. The first kappa shape index (κ1) is 13.3. The molecule has 3 aromatic rings. The Balaban J connectivity index is 2.35. The number of nitrogens with two attached hydrogens (primary N) is 2. The van der Waals surface area contributed by atoms with Crippen LogP contribution in [0.1, 0.15) is 9.67 Å². The van der Waals surface area contributed by atoms with Crippen molar-refractivity contribution in [1.29, 1.82) is 0 Å². The van der Waals surface area contributed by atoms with E-state index in [0.717, 1.165) is 5.56 Å². The molecule has 0 bridgehead atoms. The number of pyridine rings is 1. The molecule has 1 amide bonds. The van der Waals surface area contributed by atoms with Gasteiger partial charge in [-0.15, -0.1) is 11.3 Å². The molecule has 0 aliphatic carbocycles. The average molecular weight is 300 g/mol. The van der Waals surface area contributed by atoms with Crippen LogP contribution in [0.25, 0.3) is 21.5 Å². The number of carbonyl (C=O) groups excluding carboxylic acids is 1. The van der Waals surface area contributed by atoms with Gasteiger partial charge in [0, 0.05) is 25.0 Å². The first-order valence-corrected chi connectivity index (χ1v) is 6.91. The minimum atomic E-state index is -0.255. The van der Waals surface area contributed by atoms with Crippen molar-refractivity contribution in [3.8, 4) is 11.3 Å². The lowest BCUT2D eigenvalue weighted by molar-refractivity contribution is 0.0968. The van der Waals surface area contributed by atoms with Gasteiger partial charge in [-0.2, -0.15) is 0 Å². The van der Waals surface area contributed by atoms with Crippen LogP contribution >= 0.6 is 11.3 Å². The highest BCUT2D eigenvalue weighted by Crippen LogP contribution is 2.38. The number of carbonyl (C=O) groups is 1. The summed E-state index contributed by atoms with van der Waals surface area (Å²) >= 11 is 1.20. The van der Waals surface area contributed by atoms with Crippen molar-refractivity contribution in [1.82, 2.24) is 20.3 Å². The lowest BCUT2D eigenvalue weighted by atomic mass is 10.1. The number of anilines is 2. The van der Waals surface area contributed by atoms with Gasteiger partial charge in [-0.3, -0.25) is 9.78 Å². The molecule has 0 saturated heterocycles. The van der Waals surface area contributed by atoms with Crippen LogP contribution in [0.4, 0.5) is 11.6 Å². The molecule has 0 aliphatic heterocycles. The van der Waals surface area contributed by atoms with Gasteiger partial charge in [0.2, 0.25) is 5.95 Å². The maximum atomic E-state index is 11.9. The molecule has 7 nitrogen and oxygen atoms in total. The number of nitrogens with zero attached hydrogens (tertiary/aromatic N) is 3. The van der Waals surface area contributed by atoms with E-state index in [4.69, 9.17) is 11.5 Å². The lowest BCUT2D eigenvalue weighted by Gasteiger charge is -2.04. The molecule has 0 saturated carbocycles. The number of amides is 1. The predicted molar refractivity (Wildman–Crippen MR) is 82.9 cm³/mol. The maximum Gasteiger partial charge on any atom is 0.263 e. The Labute approximate surface area is 124 Å². The largest absolute Gasteiger partial charge is 0.397 e. The van der Waals surface area contributed by atoms with Crippen molar-refractivity contribution >= 4 is 39.1 Å². The van der Waals surface area contributed by atoms with Crippen LogP contribution in [-0.4, -0.2) is 27.9 Å². The summed E-state index contributed by atoms with van der Waals surface area (Å²) in [6, 6.07) is 3.61. The topological polar surface area (TPSA) is 120 Å². The number of aromatic nitrogens is 3. The molecule has 0 aromatic carbocycles. The van der Waals surface area contributed by atoms with Crippen molar-refractivity contribution in [2.24, 2.45) is 0 Å². The zero-order valence-corrected chi connectivity index (χ0v) is 11.9. The van der Waals surface area contributed by atoms with Gasteiger partial charge < -0.3 is 16.8 Å². The van der Waals surface area contributed by atoms with E-state index in [1.54, 1.807) is 31.6 Å². The Hall–Kier alpha value is -2.74. The summed E-state index contributed by atoms with van der Waals surface area (Å²) in [5.41, 5.74) is 13.7. The van der Waals surface area contributed by atoms with Gasteiger partial charge in [0.1, 0.15) is 9.71 Å². The van der Waals surface area contributed by atoms with Gasteiger partial charge in [-0.05, 0) is 12.1 Å². The second kappa shape index (κ2) is 4.98. The van der Waals surface area contributed by atoms with Crippen LogP contribution < -0.4 is 16.8 Å². The minimum Gasteiger partial charge on any atom is -0.397 e. The third-order valence-electron chi connectivity index (χ3n) is 2.99. The highest BCUT2D eigenvalue weighted by Gasteiger charge is 2.20. The Morgan fingerprint density at radius 1 is 1.24 bits per heavy atom. The van der Waals surface area contributed by atoms with Gasteiger partial charge in [0.25, 0.3) is 5.91 Å². The highest BCUT2D eigenvalue weighted by atomic mass is 32.1. The number of nitrogens with one attached hydrogen (secondary N) is 1. The van der Waals surface area contributed by atoms with Crippen LogP contribution in [0.3, 0.4) is 0 Å². The van der Waals surface area contributed by atoms with Crippen LogP contribution in [-0.2, 0) is 0 Å². The van der Waals surface area contributed by atoms with E-state index in [1.807, 2.05) is 0 Å². The monoisotopic (exact) mass is 300 g/mol. The summed E-state index contributed by atoms with van der Waals surface area (Å²) in [6.07, 6.45) is 3.31. The first-order chi connectivity index (χ1) is 10.1.